The Kier molecular flexibility index (Phi) is 4.24. The second kappa shape index (κ2) is 6.71. The third-order valence-corrected chi connectivity index (χ3v) is 4.60. The summed E-state index contributed by atoms with van der Waals surface area (Å²) in [7, 11) is 0. The Labute approximate surface area is 148 Å². The molecular weight excluding hydrogens is 338 g/mol. The largest absolute Gasteiger partial charge is 0.435 e. The lowest BCUT2D eigenvalue weighted by Gasteiger charge is -2.09. The van der Waals surface area contributed by atoms with Crippen molar-refractivity contribution < 1.29 is 18.3 Å². The summed E-state index contributed by atoms with van der Waals surface area (Å²) in [5, 5.41) is 4.90. The van der Waals surface area contributed by atoms with Crippen molar-refractivity contribution in [2.75, 3.05) is 5.32 Å². The van der Waals surface area contributed by atoms with E-state index in [0.717, 1.165) is 28.4 Å². The van der Waals surface area contributed by atoms with Gasteiger partial charge in [0.15, 0.2) is 0 Å². The zero-order chi connectivity index (χ0) is 18.1. The molecule has 1 aliphatic carbocycles. The van der Waals surface area contributed by atoms with Crippen LogP contribution in [0.3, 0.4) is 0 Å². The second-order valence-electron chi connectivity index (χ2n) is 6.29. The number of pyridine rings is 1. The fourth-order valence-corrected chi connectivity index (χ4v) is 3.21. The summed E-state index contributed by atoms with van der Waals surface area (Å²) in [6, 6.07) is 14.1. The number of nitrogens with one attached hydrogen (secondary N) is 1. The molecule has 2 atom stereocenters. The molecule has 0 aliphatic heterocycles. The standard InChI is InChI=1S/C20H16F2N2O2/c21-20(22)26-14-6-4-12(5-7-14)16-10-17(16)19(25)24-18-3-1-2-13-11-23-9-8-15(13)18/h1-9,11,16-17,20H,10H2,(H,24,25)/t16-,17+/m0/s1. The van der Waals surface area contributed by atoms with Gasteiger partial charge in [0.25, 0.3) is 0 Å². The normalized spacial score (nSPS) is 18.7. The number of benzene rings is 2. The molecule has 1 amide bonds. The zero-order valence-corrected chi connectivity index (χ0v) is 13.7. The Morgan fingerprint density at radius 2 is 1.96 bits per heavy atom. The quantitative estimate of drug-likeness (QED) is 0.730. The summed E-state index contributed by atoms with van der Waals surface area (Å²) in [5.41, 5.74) is 1.72. The molecule has 132 valence electrons. The Morgan fingerprint density at radius 1 is 1.15 bits per heavy atom. The molecule has 1 N–H and O–H groups in total. The third kappa shape index (κ3) is 3.35. The first-order valence-corrected chi connectivity index (χ1v) is 8.30. The van der Waals surface area contributed by atoms with Gasteiger partial charge < -0.3 is 10.1 Å². The van der Waals surface area contributed by atoms with Gasteiger partial charge in [0.1, 0.15) is 5.75 Å². The molecule has 2 aromatic carbocycles. The van der Waals surface area contributed by atoms with Crippen LogP contribution in [0.5, 0.6) is 5.75 Å². The molecule has 26 heavy (non-hydrogen) atoms. The number of alkyl halides is 2. The van der Waals surface area contributed by atoms with Gasteiger partial charge in [-0.15, -0.1) is 0 Å². The van der Waals surface area contributed by atoms with Crippen LogP contribution in [0.1, 0.15) is 17.9 Å². The molecule has 4 nitrogen and oxygen atoms in total. The lowest BCUT2D eigenvalue weighted by Crippen LogP contribution is -2.14. The summed E-state index contributed by atoms with van der Waals surface area (Å²) < 4.78 is 28.7. The van der Waals surface area contributed by atoms with E-state index in [1.54, 1.807) is 24.5 Å². The van der Waals surface area contributed by atoms with Crippen LogP contribution in [0.15, 0.2) is 60.9 Å². The highest BCUT2D eigenvalue weighted by Gasteiger charge is 2.44. The molecule has 0 spiro atoms. The highest BCUT2D eigenvalue weighted by Crippen LogP contribution is 2.48. The van der Waals surface area contributed by atoms with E-state index in [0.29, 0.717) is 0 Å². The molecule has 3 aromatic rings. The molecule has 4 rings (SSSR count). The van der Waals surface area contributed by atoms with Crippen LogP contribution >= 0.6 is 0 Å². The minimum Gasteiger partial charge on any atom is -0.435 e. The van der Waals surface area contributed by atoms with Crippen LogP contribution in [0, 0.1) is 5.92 Å². The summed E-state index contributed by atoms with van der Waals surface area (Å²) in [5.74, 6) is 0.0724. The van der Waals surface area contributed by atoms with E-state index >= 15 is 0 Å². The van der Waals surface area contributed by atoms with Crippen LogP contribution < -0.4 is 10.1 Å². The predicted octanol–water partition coefficient (Wildman–Crippen LogP) is 4.58. The average Bonchev–Trinajstić information content (AvgIpc) is 3.43. The molecule has 1 heterocycles. The molecule has 0 saturated heterocycles. The van der Waals surface area contributed by atoms with Crippen molar-refractivity contribution in [3.05, 3.63) is 66.5 Å². The fourth-order valence-electron chi connectivity index (χ4n) is 3.21. The van der Waals surface area contributed by atoms with Gasteiger partial charge in [0, 0.05) is 34.8 Å². The first kappa shape index (κ1) is 16.4. The number of nitrogens with zero attached hydrogens (tertiary/aromatic N) is 1. The molecule has 1 saturated carbocycles. The lowest BCUT2D eigenvalue weighted by atomic mass is 10.1. The molecule has 0 radical (unpaired) electrons. The van der Waals surface area contributed by atoms with Crippen LogP contribution in [0.25, 0.3) is 10.8 Å². The molecule has 1 aliphatic rings. The van der Waals surface area contributed by atoms with Crippen molar-refractivity contribution in [3.63, 3.8) is 0 Å². The van der Waals surface area contributed by atoms with Gasteiger partial charge in [-0.05, 0) is 42.2 Å². The van der Waals surface area contributed by atoms with Crippen molar-refractivity contribution in [2.24, 2.45) is 5.92 Å². The summed E-state index contributed by atoms with van der Waals surface area (Å²) in [6.45, 7) is -2.84. The zero-order valence-electron chi connectivity index (χ0n) is 13.7. The number of carbonyl (C=O) groups excluding carboxylic acids is 1. The second-order valence-corrected chi connectivity index (χ2v) is 6.29. The number of anilines is 1. The van der Waals surface area contributed by atoms with Crippen LogP contribution in [0.2, 0.25) is 0 Å². The number of hydrogen-bond donors (Lipinski definition) is 1. The van der Waals surface area contributed by atoms with E-state index in [1.807, 2.05) is 24.3 Å². The van der Waals surface area contributed by atoms with Gasteiger partial charge in [0.05, 0.1) is 0 Å². The monoisotopic (exact) mass is 354 g/mol. The number of hydrogen-bond acceptors (Lipinski definition) is 3. The Morgan fingerprint density at radius 3 is 2.73 bits per heavy atom. The van der Waals surface area contributed by atoms with E-state index in [1.165, 1.54) is 12.1 Å². The average molecular weight is 354 g/mol. The van der Waals surface area contributed by atoms with Crippen molar-refractivity contribution in [1.29, 1.82) is 0 Å². The Bertz CT molecular complexity index is 939. The highest BCUT2D eigenvalue weighted by atomic mass is 19.3. The number of ether oxygens (including phenoxy) is 1. The number of amides is 1. The van der Waals surface area contributed by atoms with Gasteiger partial charge in [-0.1, -0.05) is 24.3 Å². The Balaban J connectivity index is 1.44. The number of aromatic nitrogens is 1. The summed E-state index contributed by atoms with van der Waals surface area (Å²) in [6.07, 6.45) is 4.20. The molecular formula is C20H16F2N2O2. The molecule has 1 aromatic heterocycles. The van der Waals surface area contributed by atoms with Crippen molar-refractivity contribution in [1.82, 2.24) is 4.98 Å². The third-order valence-electron chi connectivity index (χ3n) is 4.60. The molecule has 0 bridgehead atoms. The Hall–Kier alpha value is -3.02. The van der Waals surface area contributed by atoms with E-state index in [-0.39, 0.29) is 23.5 Å². The minimum atomic E-state index is -2.84. The smallest absolute Gasteiger partial charge is 0.387 e. The van der Waals surface area contributed by atoms with Gasteiger partial charge in [-0.25, -0.2) is 0 Å². The van der Waals surface area contributed by atoms with Gasteiger partial charge in [-0.3, -0.25) is 9.78 Å². The number of halogens is 2. The van der Waals surface area contributed by atoms with E-state index in [4.69, 9.17) is 0 Å². The highest BCUT2D eigenvalue weighted by molar-refractivity contribution is 6.03. The van der Waals surface area contributed by atoms with E-state index in [9.17, 15) is 13.6 Å². The first-order valence-electron chi connectivity index (χ1n) is 8.30. The maximum absolute atomic E-state index is 12.6. The van der Waals surface area contributed by atoms with Crippen molar-refractivity contribution in [2.45, 2.75) is 19.0 Å². The van der Waals surface area contributed by atoms with Crippen LogP contribution in [-0.2, 0) is 4.79 Å². The maximum Gasteiger partial charge on any atom is 0.387 e. The summed E-state index contributed by atoms with van der Waals surface area (Å²) in [4.78, 5) is 16.7. The molecule has 1 fully saturated rings. The topological polar surface area (TPSA) is 51.2 Å². The molecule has 6 heteroatoms. The van der Waals surface area contributed by atoms with E-state index < -0.39 is 6.61 Å². The van der Waals surface area contributed by atoms with Crippen molar-refractivity contribution in [3.8, 4) is 5.75 Å². The first-order chi connectivity index (χ1) is 12.6. The SMILES string of the molecule is O=C(Nc1cccc2cnccc12)[C@@H]1C[C@H]1c1ccc(OC(F)F)cc1. The fraction of sp³-hybridized carbons (Fsp3) is 0.200. The number of rotatable bonds is 5. The van der Waals surface area contributed by atoms with Crippen LogP contribution in [-0.4, -0.2) is 17.5 Å². The number of fused-ring (bicyclic) bond motifs is 1. The summed E-state index contributed by atoms with van der Waals surface area (Å²) >= 11 is 0. The lowest BCUT2D eigenvalue weighted by molar-refractivity contribution is -0.117. The molecule has 0 unspecified atom stereocenters. The maximum atomic E-state index is 12.6. The predicted molar refractivity (Wildman–Crippen MR) is 94.3 cm³/mol. The van der Waals surface area contributed by atoms with Gasteiger partial charge >= 0.3 is 6.61 Å². The number of carbonyl (C=O) groups is 1. The van der Waals surface area contributed by atoms with E-state index in [2.05, 4.69) is 15.0 Å². The van der Waals surface area contributed by atoms with Crippen LogP contribution in [0.4, 0.5) is 14.5 Å². The van der Waals surface area contributed by atoms with Gasteiger partial charge in [-0.2, -0.15) is 8.78 Å². The van der Waals surface area contributed by atoms with Crippen molar-refractivity contribution >= 4 is 22.4 Å². The minimum absolute atomic E-state index is 0.0350. The van der Waals surface area contributed by atoms with Gasteiger partial charge in [0.2, 0.25) is 5.91 Å².